The maximum atomic E-state index is 11.6. The van der Waals surface area contributed by atoms with Crippen LogP contribution in [0, 0.1) is 0 Å². The number of nitrogens with zero attached hydrogens (tertiary/aromatic N) is 4. The molecule has 1 amide bonds. The van der Waals surface area contributed by atoms with Crippen LogP contribution in [-0.2, 0) is 6.54 Å². The highest BCUT2D eigenvalue weighted by Gasteiger charge is 2.18. The zero-order valence-electron chi connectivity index (χ0n) is 15.0. The molecule has 4 rings (SSSR count). The number of hydrogen-bond donors (Lipinski definition) is 3. The number of rotatable bonds is 6. The third kappa shape index (κ3) is 3.20. The summed E-state index contributed by atoms with van der Waals surface area (Å²) in [6.45, 7) is 0.547. The summed E-state index contributed by atoms with van der Waals surface area (Å²) in [7, 11) is 1.50. The first-order valence-electron chi connectivity index (χ1n) is 8.51. The van der Waals surface area contributed by atoms with Crippen molar-refractivity contribution in [3.05, 3.63) is 59.7 Å². The number of hydrogen-bond acceptors (Lipinski definition) is 7. The minimum absolute atomic E-state index is 0.279. The monoisotopic (exact) mass is 375 g/mol. The van der Waals surface area contributed by atoms with Gasteiger partial charge in [0.05, 0.1) is 12.7 Å². The number of carbonyl (C=O) groups is 1. The second-order valence-electron chi connectivity index (χ2n) is 6.00. The van der Waals surface area contributed by atoms with Gasteiger partial charge in [-0.15, -0.1) is 10.2 Å². The van der Waals surface area contributed by atoms with E-state index in [0.29, 0.717) is 40.3 Å². The first-order chi connectivity index (χ1) is 13.7. The van der Waals surface area contributed by atoms with E-state index in [2.05, 4.69) is 30.7 Å². The van der Waals surface area contributed by atoms with Crippen molar-refractivity contribution in [2.75, 3.05) is 12.4 Å². The van der Waals surface area contributed by atoms with Crippen molar-refractivity contribution in [1.82, 2.24) is 25.4 Å². The summed E-state index contributed by atoms with van der Waals surface area (Å²) in [6, 6.07) is 15.0. The van der Waals surface area contributed by atoms with Gasteiger partial charge < -0.3 is 15.8 Å². The van der Waals surface area contributed by atoms with Crippen LogP contribution >= 0.6 is 0 Å². The maximum Gasteiger partial charge on any atom is 0.276 e. The molecule has 0 atom stereocenters. The molecular formula is C19H17N7O2. The van der Waals surface area contributed by atoms with Gasteiger partial charge in [0.15, 0.2) is 5.82 Å². The first-order valence-corrected chi connectivity index (χ1v) is 8.51. The zero-order chi connectivity index (χ0) is 19.5. The van der Waals surface area contributed by atoms with Crippen LogP contribution in [-0.4, -0.2) is 38.4 Å². The summed E-state index contributed by atoms with van der Waals surface area (Å²) in [6.07, 6.45) is 0. The van der Waals surface area contributed by atoms with E-state index in [4.69, 9.17) is 10.5 Å². The van der Waals surface area contributed by atoms with E-state index in [0.717, 1.165) is 5.56 Å². The summed E-state index contributed by atoms with van der Waals surface area (Å²) in [4.78, 5) is 16.1. The number of nitrogens with two attached hydrogens (primary N) is 1. The van der Waals surface area contributed by atoms with Gasteiger partial charge in [0.1, 0.15) is 11.2 Å². The summed E-state index contributed by atoms with van der Waals surface area (Å²) < 4.78 is 5.26. The molecule has 9 heteroatoms. The second kappa shape index (κ2) is 7.31. The van der Waals surface area contributed by atoms with Crippen LogP contribution in [0.5, 0.6) is 5.88 Å². The van der Waals surface area contributed by atoms with Gasteiger partial charge in [0.25, 0.3) is 11.8 Å². The van der Waals surface area contributed by atoms with E-state index < -0.39 is 5.91 Å². The molecule has 2 heterocycles. The van der Waals surface area contributed by atoms with Gasteiger partial charge in [0, 0.05) is 11.9 Å². The average Bonchev–Trinajstić information content (AvgIpc) is 3.17. The Balaban J connectivity index is 1.72. The lowest BCUT2D eigenvalue weighted by molar-refractivity contribution is 0.100. The SMILES string of the molecule is COc1nnc(-c2[nH]nc3c(C(N)=O)cccc23)nc1NCc1ccccc1. The Kier molecular flexibility index (Phi) is 4.55. The molecule has 0 saturated heterocycles. The van der Waals surface area contributed by atoms with Crippen LogP contribution in [0.4, 0.5) is 5.82 Å². The standard InChI is InChI=1S/C19H17N7O2/c1-28-19-18(21-10-11-6-3-2-4-7-11)22-17(25-26-19)15-12-8-5-9-13(16(20)27)14(12)23-24-15/h2-9H,10H2,1H3,(H2,20,27)(H,23,24)(H,21,22,25). The fourth-order valence-corrected chi connectivity index (χ4v) is 2.86. The van der Waals surface area contributed by atoms with Gasteiger partial charge >= 0.3 is 0 Å². The Hall–Kier alpha value is -4.01. The number of anilines is 1. The fraction of sp³-hybridized carbons (Fsp3) is 0.105. The van der Waals surface area contributed by atoms with E-state index in [1.165, 1.54) is 7.11 Å². The van der Waals surface area contributed by atoms with Gasteiger partial charge in [0.2, 0.25) is 5.82 Å². The number of benzene rings is 2. The Morgan fingerprint density at radius 3 is 2.71 bits per heavy atom. The van der Waals surface area contributed by atoms with Crippen LogP contribution in [0.15, 0.2) is 48.5 Å². The van der Waals surface area contributed by atoms with E-state index >= 15 is 0 Å². The predicted molar refractivity (Wildman–Crippen MR) is 104 cm³/mol. The first kappa shape index (κ1) is 17.4. The summed E-state index contributed by atoms with van der Waals surface area (Å²) in [5.41, 5.74) is 7.83. The summed E-state index contributed by atoms with van der Waals surface area (Å²) in [5.74, 6) is 0.495. The number of amides is 1. The van der Waals surface area contributed by atoms with Crippen molar-refractivity contribution in [3.63, 3.8) is 0 Å². The molecule has 0 fully saturated rings. The number of ether oxygens (including phenoxy) is 1. The van der Waals surface area contributed by atoms with Gasteiger partial charge in [-0.25, -0.2) is 4.98 Å². The topological polar surface area (TPSA) is 132 Å². The van der Waals surface area contributed by atoms with Crippen molar-refractivity contribution in [3.8, 4) is 17.4 Å². The van der Waals surface area contributed by atoms with E-state index in [1.807, 2.05) is 36.4 Å². The average molecular weight is 375 g/mol. The number of carbonyl (C=O) groups excluding carboxylic acids is 1. The second-order valence-corrected chi connectivity index (χ2v) is 6.00. The molecule has 0 aliphatic heterocycles. The Labute approximate surface area is 160 Å². The number of methoxy groups -OCH3 is 1. The van der Waals surface area contributed by atoms with E-state index in [1.54, 1.807) is 12.1 Å². The minimum atomic E-state index is -0.553. The maximum absolute atomic E-state index is 11.6. The molecule has 2 aromatic heterocycles. The van der Waals surface area contributed by atoms with Gasteiger partial charge in [-0.2, -0.15) is 5.10 Å². The number of aromatic amines is 1. The fourth-order valence-electron chi connectivity index (χ4n) is 2.86. The molecule has 4 N–H and O–H groups in total. The number of primary amides is 1. The molecular weight excluding hydrogens is 358 g/mol. The normalized spacial score (nSPS) is 10.8. The molecule has 0 aliphatic rings. The van der Waals surface area contributed by atoms with E-state index in [9.17, 15) is 4.79 Å². The minimum Gasteiger partial charge on any atom is -0.477 e. The van der Waals surface area contributed by atoms with Gasteiger partial charge in [-0.05, 0) is 11.6 Å². The van der Waals surface area contributed by atoms with Crippen LogP contribution in [0.3, 0.4) is 0 Å². The lowest BCUT2D eigenvalue weighted by Gasteiger charge is -2.09. The Morgan fingerprint density at radius 2 is 1.96 bits per heavy atom. The van der Waals surface area contributed by atoms with Crippen molar-refractivity contribution in [1.29, 1.82) is 0 Å². The van der Waals surface area contributed by atoms with Crippen molar-refractivity contribution in [2.45, 2.75) is 6.54 Å². The van der Waals surface area contributed by atoms with Crippen LogP contribution < -0.4 is 15.8 Å². The highest BCUT2D eigenvalue weighted by molar-refractivity contribution is 6.07. The van der Waals surface area contributed by atoms with Crippen LogP contribution in [0.2, 0.25) is 0 Å². The largest absolute Gasteiger partial charge is 0.477 e. The van der Waals surface area contributed by atoms with Crippen LogP contribution in [0.1, 0.15) is 15.9 Å². The highest BCUT2D eigenvalue weighted by atomic mass is 16.5. The molecule has 0 spiro atoms. The molecule has 0 saturated carbocycles. The van der Waals surface area contributed by atoms with Crippen molar-refractivity contribution < 1.29 is 9.53 Å². The number of fused-ring (bicyclic) bond motifs is 1. The number of para-hydroxylation sites is 1. The number of nitrogens with one attached hydrogen (secondary N) is 2. The lowest BCUT2D eigenvalue weighted by atomic mass is 10.1. The van der Waals surface area contributed by atoms with Crippen molar-refractivity contribution in [2.24, 2.45) is 5.73 Å². The Morgan fingerprint density at radius 1 is 1.14 bits per heavy atom. The molecule has 28 heavy (non-hydrogen) atoms. The smallest absolute Gasteiger partial charge is 0.276 e. The van der Waals surface area contributed by atoms with Gasteiger partial charge in [-0.3, -0.25) is 9.89 Å². The third-order valence-electron chi connectivity index (χ3n) is 4.23. The molecule has 0 unspecified atom stereocenters. The van der Waals surface area contributed by atoms with Gasteiger partial charge in [-0.1, -0.05) is 42.5 Å². The predicted octanol–water partition coefficient (Wildman–Crippen LogP) is 2.13. The molecule has 9 nitrogen and oxygen atoms in total. The highest BCUT2D eigenvalue weighted by Crippen LogP contribution is 2.28. The molecule has 2 aromatic carbocycles. The van der Waals surface area contributed by atoms with Crippen LogP contribution in [0.25, 0.3) is 22.4 Å². The summed E-state index contributed by atoms with van der Waals surface area (Å²) in [5, 5.41) is 19.2. The third-order valence-corrected chi connectivity index (χ3v) is 4.23. The van der Waals surface area contributed by atoms with E-state index in [-0.39, 0.29) is 5.88 Å². The molecule has 0 bridgehead atoms. The molecule has 0 radical (unpaired) electrons. The molecule has 140 valence electrons. The zero-order valence-corrected chi connectivity index (χ0v) is 15.0. The van der Waals surface area contributed by atoms with Crippen molar-refractivity contribution >= 4 is 22.6 Å². The lowest BCUT2D eigenvalue weighted by Crippen LogP contribution is -2.11. The number of H-pyrrole nitrogens is 1. The molecule has 4 aromatic rings. The Bertz CT molecular complexity index is 1140. The quantitative estimate of drug-likeness (QED) is 0.470. The summed E-state index contributed by atoms with van der Waals surface area (Å²) >= 11 is 0. The number of aromatic nitrogens is 5. The molecule has 0 aliphatic carbocycles.